The monoisotopic (exact) mass is 299 g/mol. The van der Waals surface area contributed by atoms with E-state index < -0.39 is 5.41 Å². The molecule has 1 amide bonds. The van der Waals surface area contributed by atoms with Gasteiger partial charge in [0.1, 0.15) is 0 Å². The van der Waals surface area contributed by atoms with Gasteiger partial charge in [0.2, 0.25) is 5.91 Å². The lowest BCUT2D eigenvalue weighted by molar-refractivity contribution is -0.129. The van der Waals surface area contributed by atoms with Gasteiger partial charge in [-0.1, -0.05) is 0 Å². The van der Waals surface area contributed by atoms with Crippen LogP contribution in [0, 0.1) is 12.3 Å². The van der Waals surface area contributed by atoms with Gasteiger partial charge >= 0.3 is 0 Å². The van der Waals surface area contributed by atoms with Crippen molar-refractivity contribution >= 4 is 42.1 Å². The van der Waals surface area contributed by atoms with E-state index in [2.05, 4.69) is 10.3 Å². The maximum absolute atomic E-state index is 11.7. The van der Waals surface area contributed by atoms with Crippen molar-refractivity contribution in [3.05, 3.63) is 16.1 Å². The molecule has 100 valence electrons. The van der Waals surface area contributed by atoms with Crippen LogP contribution in [0.15, 0.2) is 6.20 Å². The summed E-state index contributed by atoms with van der Waals surface area (Å²) in [4.78, 5) is 16.9. The van der Waals surface area contributed by atoms with Gasteiger partial charge in [0.15, 0.2) is 0 Å². The quantitative estimate of drug-likeness (QED) is 0.892. The number of hydrogen-bond acceptors (Lipinski definition) is 4. The topological polar surface area (TPSA) is 68.0 Å². The van der Waals surface area contributed by atoms with E-state index in [1.165, 1.54) is 0 Å². The minimum atomic E-state index is -0.500. The molecule has 0 spiro atoms. The summed E-state index contributed by atoms with van der Waals surface area (Å²) in [7, 11) is 0. The smallest absolute Gasteiger partial charge is 0.227 e. The molecule has 0 bridgehead atoms. The molecular weight excluding hydrogens is 281 g/mol. The minimum absolute atomic E-state index is 0. The van der Waals surface area contributed by atoms with E-state index in [-0.39, 0.29) is 30.7 Å². The highest BCUT2D eigenvalue weighted by atomic mass is 35.5. The van der Waals surface area contributed by atoms with Crippen LogP contribution in [0.1, 0.15) is 23.7 Å². The molecule has 0 radical (unpaired) electrons. The van der Waals surface area contributed by atoms with Crippen molar-refractivity contribution in [2.75, 3.05) is 6.54 Å². The van der Waals surface area contributed by atoms with Crippen LogP contribution in [-0.2, 0) is 11.3 Å². The molecule has 0 aliphatic heterocycles. The Kier molecular flexibility index (Phi) is 8.79. The molecule has 7 heteroatoms. The van der Waals surface area contributed by atoms with Gasteiger partial charge in [0, 0.05) is 17.6 Å². The summed E-state index contributed by atoms with van der Waals surface area (Å²) in [6.07, 6.45) is 1.79. The highest BCUT2D eigenvalue weighted by molar-refractivity contribution is 7.11. The largest absolute Gasteiger partial charge is 0.351 e. The minimum Gasteiger partial charge on any atom is -0.351 e. The average Bonchev–Trinajstić information content (AvgIpc) is 2.60. The third-order valence-corrected chi connectivity index (χ3v) is 3.13. The Balaban J connectivity index is 0. The summed E-state index contributed by atoms with van der Waals surface area (Å²) >= 11 is 1.59. The summed E-state index contributed by atoms with van der Waals surface area (Å²) in [5.74, 6) is -0.0175. The lowest BCUT2D eigenvalue weighted by Gasteiger charge is -2.20. The third kappa shape index (κ3) is 5.68. The Morgan fingerprint density at radius 1 is 1.53 bits per heavy atom. The van der Waals surface area contributed by atoms with Crippen LogP contribution in [0.5, 0.6) is 0 Å². The third-order valence-electron chi connectivity index (χ3n) is 2.22. The molecule has 0 unspecified atom stereocenters. The Morgan fingerprint density at radius 2 is 2.12 bits per heavy atom. The molecule has 3 N–H and O–H groups in total. The second-order valence-corrected chi connectivity index (χ2v) is 5.44. The van der Waals surface area contributed by atoms with E-state index >= 15 is 0 Å². The molecule has 0 aliphatic rings. The zero-order valence-corrected chi connectivity index (χ0v) is 12.6. The molecular formula is C10H19Cl2N3OS. The van der Waals surface area contributed by atoms with E-state index in [1.807, 2.05) is 20.8 Å². The van der Waals surface area contributed by atoms with Gasteiger partial charge in [-0.15, -0.1) is 36.2 Å². The highest BCUT2D eigenvalue weighted by Gasteiger charge is 2.25. The molecule has 4 nitrogen and oxygen atoms in total. The fourth-order valence-electron chi connectivity index (χ4n) is 0.986. The number of halogens is 2. The van der Waals surface area contributed by atoms with Gasteiger partial charge in [-0.2, -0.15) is 0 Å². The number of amides is 1. The Labute approximate surface area is 118 Å². The normalized spacial score (nSPS) is 10.1. The van der Waals surface area contributed by atoms with Gasteiger partial charge in [-0.25, -0.2) is 4.98 Å². The van der Waals surface area contributed by atoms with Crippen LogP contribution in [-0.4, -0.2) is 17.4 Å². The number of nitrogens with zero attached hydrogens (tertiary/aromatic N) is 1. The zero-order valence-electron chi connectivity index (χ0n) is 10.1. The van der Waals surface area contributed by atoms with Crippen molar-refractivity contribution in [1.82, 2.24) is 10.3 Å². The van der Waals surface area contributed by atoms with Gasteiger partial charge in [-0.05, 0) is 20.8 Å². The van der Waals surface area contributed by atoms with E-state index in [0.29, 0.717) is 13.1 Å². The van der Waals surface area contributed by atoms with Crippen LogP contribution in [0.2, 0.25) is 0 Å². The summed E-state index contributed by atoms with van der Waals surface area (Å²) in [6.45, 7) is 6.49. The Bertz CT molecular complexity index is 355. The van der Waals surface area contributed by atoms with E-state index in [0.717, 1.165) is 9.88 Å². The summed E-state index contributed by atoms with van der Waals surface area (Å²) in [5, 5.41) is 3.87. The van der Waals surface area contributed by atoms with Crippen LogP contribution in [0.25, 0.3) is 0 Å². The summed E-state index contributed by atoms with van der Waals surface area (Å²) in [5.41, 5.74) is 5.01. The van der Waals surface area contributed by atoms with Crippen molar-refractivity contribution in [3.8, 4) is 0 Å². The molecule has 0 atom stereocenters. The van der Waals surface area contributed by atoms with E-state index in [9.17, 15) is 4.79 Å². The molecule has 1 rings (SSSR count). The lowest BCUT2D eigenvalue weighted by atomic mass is 9.93. The number of nitrogens with one attached hydrogen (secondary N) is 1. The van der Waals surface area contributed by atoms with Crippen LogP contribution >= 0.6 is 36.2 Å². The number of hydrogen-bond donors (Lipinski definition) is 2. The number of nitrogens with two attached hydrogens (primary N) is 1. The lowest BCUT2D eigenvalue weighted by Crippen LogP contribution is -2.41. The molecule has 0 saturated heterocycles. The van der Waals surface area contributed by atoms with Gasteiger partial charge < -0.3 is 11.1 Å². The number of carbonyl (C=O) groups is 1. The predicted octanol–water partition coefficient (Wildman–Crippen LogP) is 1.90. The fourth-order valence-corrected chi connectivity index (χ4v) is 1.72. The van der Waals surface area contributed by atoms with Gasteiger partial charge in [0.25, 0.3) is 0 Å². The van der Waals surface area contributed by atoms with Crippen LogP contribution in [0.3, 0.4) is 0 Å². The maximum Gasteiger partial charge on any atom is 0.227 e. The first kappa shape index (κ1) is 19.0. The first-order chi connectivity index (χ1) is 6.95. The van der Waals surface area contributed by atoms with Crippen LogP contribution in [0.4, 0.5) is 0 Å². The second-order valence-electron chi connectivity index (χ2n) is 4.12. The van der Waals surface area contributed by atoms with E-state index in [4.69, 9.17) is 5.73 Å². The number of rotatable bonds is 4. The molecule has 1 aromatic rings. The first-order valence-electron chi connectivity index (χ1n) is 4.85. The van der Waals surface area contributed by atoms with E-state index in [1.54, 1.807) is 17.5 Å². The Morgan fingerprint density at radius 3 is 2.53 bits per heavy atom. The molecule has 17 heavy (non-hydrogen) atoms. The first-order valence-corrected chi connectivity index (χ1v) is 5.67. The SMILES string of the molecule is Cc1ncc(CNC(=O)C(C)(C)CN)s1.Cl.Cl. The number of aromatic nitrogens is 1. The van der Waals surface area contributed by atoms with Crippen molar-refractivity contribution in [1.29, 1.82) is 0 Å². The van der Waals surface area contributed by atoms with Crippen molar-refractivity contribution in [2.24, 2.45) is 11.1 Å². The van der Waals surface area contributed by atoms with Crippen molar-refractivity contribution < 1.29 is 4.79 Å². The molecule has 1 heterocycles. The van der Waals surface area contributed by atoms with Gasteiger partial charge in [0.05, 0.1) is 17.0 Å². The molecule has 0 aromatic carbocycles. The predicted molar refractivity (Wildman–Crippen MR) is 76.0 cm³/mol. The summed E-state index contributed by atoms with van der Waals surface area (Å²) in [6, 6.07) is 0. The molecule has 0 aliphatic carbocycles. The number of thiazole rings is 1. The molecule has 1 aromatic heterocycles. The molecule has 0 saturated carbocycles. The molecule has 0 fully saturated rings. The van der Waals surface area contributed by atoms with Crippen molar-refractivity contribution in [2.45, 2.75) is 27.3 Å². The average molecular weight is 300 g/mol. The standard InChI is InChI=1S/C10H17N3OS.2ClH/c1-7-12-4-8(15-7)5-13-9(14)10(2,3)6-11;;/h4H,5-6,11H2,1-3H3,(H,13,14);2*1H. The number of carbonyl (C=O) groups excluding carboxylic acids is 1. The fraction of sp³-hybridized carbons (Fsp3) is 0.600. The maximum atomic E-state index is 11.7. The highest BCUT2D eigenvalue weighted by Crippen LogP contribution is 2.14. The van der Waals surface area contributed by atoms with Crippen molar-refractivity contribution in [3.63, 3.8) is 0 Å². The zero-order chi connectivity index (χ0) is 11.5. The number of aryl methyl sites for hydroxylation is 1. The van der Waals surface area contributed by atoms with Gasteiger partial charge in [-0.3, -0.25) is 4.79 Å². The summed E-state index contributed by atoms with van der Waals surface area (Å²) < 4.78 is 0. The van der Waals surface area contributed by atoms with Crippen LogP contribution < -0.4 is 11.1 Å². The second kappa shape index (κ2) is 7.87. The Hall–Kier alpha value is -0.360.